The summed E-state index contributed by atoms with van der Waals surface area (Å²) in [7, 11) is 1.19. The Kier molecular flexibility index (Phi) is 3.51. The van der Waals surface area contributed by atoms with Gasteiger partial charge in [-0.05, 0) is 19.4 Å². The molecule has 0 radical (unpaired) electrons. The normalized spacial score (nSPS) is 20.8. The van der Waals surface area contributed by atoms with E-state index in [1.165, 1.54) is 7.11 Å². The molecule has 1 rings (SSSR count). The van der Waals surface area contributed by atoms with Crippen molar-refractivity contribution in [2.45, 2.75) is 18.9 Å². The maximum absolute atomic E-state index is 11.1. The van der Waals surface area contributed by atoms with Gasteiger partial charge in [-0.2, -0.15) is 0 Å². The molecule has 2 N–H and O–H groups in total. The van der Waals surface area contributed by atoms with Crippen molar-refractivity contribution in [3.63, 3.8) is 0 Å². The topological polar surface area (TPSA) is 76.7 Å². The predicted molar refractivity (Wildman–Crippen MR) is 42.7 cm³/mol. The summed E-state index contributed by atoms with van der Waals surface area (Å²) in [4.78, 5) is 26.1. The number of hydrogen-bond acceptors (Lipinski definition) is 5. The van der Waals surface area contributed by atoms with Crippen LogP contribution < -0.4 is 10.8 Å². The second kappa shape index (κ2) is 4.66. The minimum atomic E-state index is -0.786. The van der Waals surface area contributed by atoms with Gasteiger partial charge in [0, 0.05) is 0 Å². The van der Waals surface area contributed by atoms with Crippen LogP contribution in [0.25, 0.3) is 0 Å². The lowest BCUT2D eigenvalue weighted by molar-refractivity contribution is -0.151. The third-order valence-corrected chi connectivity index (χ3v) is 1.77. The van der Waals surface area contributed by atoms with Crippen molar-refractivity contribution in [3.05, 3.63) is 0 Å². The van der Waals surface area contributed by atoms with Crippen molar-refractivity contribution in [2.24, 2.45) is 0 Å². The number of rotatable bonds is 1. The van der Waals surface area contributed by atoms with Crippen LogP contribution in [0.2, 0.25) is 0 Å². The molecular formula is C7H12N2O4. The van der Waals surface area contributed by atoms with Crippen LogP contribution in [0.4, 0.5) is 4.79 Å². The van der Waals surface area contributed by atoms with Gasteiger partial charge in [-0.3, -0.25) is 0 Å². The minimum Gasteiger partial charge on any atom is -0.451 e. The zero-order chi connectivity index (χ0) is 9.68. The van der Waals surface area contributed by atoms with E-state index in [0.29, 0.717) is 0 Å². The fourth-order valence-corrected chi connectivity index (χ4v) is 1.09. The summed E-state index contributed by atoms with van der Waals surface area (Å²) in [6, 6.07) is -0.308. The van der Waals surface area contributed by atoms with Crippen LogP contribution >= 0.6 is 0 Å². The van der Waals surface area contributed by atoms with Crippen molar-refractivity contribution in [2.75, 3.05) is 13.7 Å². The average Bonchev–Trinajstić information content (AvgIpc) is 2.66. The van der Waals surface area contributed by atoms with Crippen molar-refractivity contribution >= 4 is 12.1 Å². The van der Waals surface area contributed by atoms with E-state index < -0.39 is 12.1 Å². The molecule has 0 bridgehead atoms. The van der Waals surface area contributed by atoms with Gasteiger partial charge in [-0.25, -0.2) is 9.59 Å². The Bertz CT molecular complexity index is 201. The highest BCUT2D eigenvalue weighted by Gasteiger charge is 2.24. The Morgan fingerprint density at radius 1 is 1.54 bits per heavy atom. The summed E-state index contributed by atoms with van der Waals surface area (Å²) in [5, 5.41) is 2.93. The van der Waals surface area contributed by atoms with E-state index >= 15 is 0 Å². The molecule has 1 unspecified atom stereocenters. The lowest BCUT2D eigenvalue weighted by Gasteiger charge is -2.08. The highest BCUT2D eigenvalue weighted by atomic mass is 16.7. The molecule has 13 heavy (non-hydrogen) atoms. The van der Waals surface area contributed by atoms with Gasteiger partial charge in [-0.15, -0.1) is 5.48 Å². The Balaban J connectivity index is 2.20. The Labute approximate surface area is 75.5 Å². The molecule has 1 saturated heterocycles. The smallest absolute Gasteiger partial charge is 0.440 e. The fraction of sp³-hybridized carbons (Fsp3) is 0.714. The van der Waals surface area contributed by atoms with Gasteiger partial charge in [0.25, 0.3) is 0 Å². The third-order valence-electron chi connectivity index (χ3n) is 1.77. The van der Waals surface area contributed by atoms with E-state index in [2.05, 4.69) is 14.9 Å². The molecule has 1 aliphatic heterocycles. The molecule has 6 nitrogen and oxygen atoms in total. The first kappa shape index (κ1) is 9.79. The van der Waals surface area contributed by atoms with Gasteiger partial charge in [0.05, 0.1) is 7.11 Å². The van der Waals surface area contributed by atoms with Crippen molar-refractivity contribution in [3.8, 4) is 0 Å². The molecule has 0 aromatic carbocycles. The van der Waals surface area contributed by atoms with E-state index in [9.17, 15) is 9.59 Å². The lowest BCUT2D eigenvalue weighted by Crippen LogP contribution is -2.37. The van der Waals surface area contributed by atoms with E-state index in [1.807, 2.05) is 5.48 Å². The molecule has 1 amide bonds. The molecule has 1 fully saturated rings. The van der Waals surface area contributed by atoms with Crippen LogP contribution in [0.15, 0.2) is 0 Å². The Hall–Kier alpha value is -1.30. The maximum atomic E-state index is 11.1. The number of hydroxylamine groups is 1. The monoisotopic (exact) mass is 188 g/mol. The summed E-state index contributed by atoms with van der Waals surface area (Å²) in [5.41, 5.74) is 1.86. The van der Waals surface area contributed by atoms with Crippen molar-refractivity contribution in [1.82, 2.24) is 10.8 Å². The first-order chi connectivity index (χ1) is 6.24. The lowest BCUT2D eigenvalue weighted by atomic mass is 10.2. The van der Waals surface area contributed by atoms with Gasteiger partial charge >= 0.3 is 12.1 Å². The first-order valence-electron chi connectivity index (χ1n) is 4.02. The number of methoxy groups -OCH3 is 1. The summed E-state index contributed by atoms with van der Waals surface area (Å²) < 4.78 is 4.22. The second-order valence-electron chi connectivity index (χ2n) is 2.66. The van der Waals surface area contributed by atoms with E-state index in [0.717, 1.165) is 19.4 Å². The van der Waals surface area contributed by atoms with Crippen LogP contribution in [0.5, 0.6) is 0 Å². The predicted octanol–water partition coefficient (Wildman–Crippen LogP) is -0.447. The van der Waals surface area contributed by atoms with Gasteiger partial charge in [-0.1, -0.05) is 0 Å². The van der Waals surface area contributed by atoms with Gasteiger partial charge < -0.3 is 14.9 Å². The quantitative estimate of drug-likeness (QED) is 0.545. The number of hydrogen-bond donors (Lipinski definition) is 2. The largest absolute Gasteiger partial charge is 0.451 e. The number of ether oxygens (including phenoxy) is 1. The molecular weight excluding hydrogens is 176 g/mol. The summed E-state index contributed by atoms with van der Waals surface area (Å²) in [6.07, 6.45) is 0.894. The molecule has 0 aliphatic carbocycles. The number of amides is 1. The summed E-state index contributed by atoms with van der Waals surface area (Å²) >= 11 is 0. The minimum absolute atomic E-state index is 0.308. The molecule has 0 spiro atoms. The van der Waals surface area contributed by atoms with Gasteiger partial charge in [0.2, 0.25) is 0 Å². The van der Waals surface area contributed by atoms with Crippen LogP contribution in [0.3, 0.4) is 0 Å². The molecule has 0 aromatic rings. The van der Waals surface area contributed by atoms with Gasteiger partial charge in [0.15, 0.2) is 0 Å². The standard InChI is InChI=1S/C7H12N2O4/c1-12-7(11)9-13-6(10)5-3-2-4-8-5/h5,8H,2-4H2,1H3,(H,9,11). The van der Waals surface area contributed by atoms with E-state index in [4.69, 9.17) is 0 Å². The molecule has 6 heteroatoms. The van der Waals surface area contributed by atoms with Crippen LogP contribution in [0, 0.1) is 0 Å². The summed E-state index contributed by atoms with van der Waals surface area (Å²) in [5.74, 6) is -0.483. The number of carbonyl (C=O) groups is 2. The Morgan fingerprint density at radius 2 is 2.31 bits per heavy atom. The molecule has 1 atom stereocenters. The molecule has 1 aliphatic rings. The van der Waals surface area contributed by atoms with Crippen molar-refractivity contribution < 1.29 is 19.2 Å². The zero-order valence-corrected chi connectivity index (χ0v) is 7.33. The number of nitrogens with one attached hydrogen (secondary N) is 2. The summed E-state index contributed by atoms with van der Waals surface area (Å²) in [6.45, 7) is 0.804. The van der Waals surface area contributed by atoms with Crippen LogP contribution in [0.1, 0.15) is 12.8 Å². The first-order valence-corrected chi connectivity index (χ1v) is 4.02. The van der Waals surface area contributed by atoms with Gasteiger partial charge in [0.1, 0.15) is 6.04 Å². The van der Waals surface area contributed by atoms with Crippen LogP contribution in [-0.2, 0) is 14.4 Å². The average molecular weight is 188 g/mol. The van der Waals surface area contributed by atoms with Crippen molar-refractivity contribution in [1.29, 1.82) is 0 Å². The Morgan fingerprint density at radius 3 is 2.85 bits per heavy atom. The third kappa shape index (κ3) is 2.90. The molecule has 0 saturated carbocycles. The van der Waals surface area contributed by atoms with E-state index in [-0.39, 0.29) is 6.04 Å². The fourth-order valence-electron chi connectivity index (χ4n) is 1.09. The SMILES string of the molecule is COC(=O)NOC(=O)C1CCCN1. The molecule has 0 aromatic heterocycles. The highest BCUT2D eigenvalue weighted by molar-refractivity contribution is 5.77. The highest BCUT2D eigenvalue weighted by Crippen LogP contribution is 2.05. The van der Waals surface area contributed by atoms with E-state index in [1.54, 1.807) is 0 Å². The zero-order valence-electron chi connectivity index (χ0n) is 7.33. The molecule has 1 heterocycles. The van der Waals surface area contributed by atoms with Crippen LogP contribution in [-0.4, -0.2) is 31.8 Å². The molecule has 74 valence electrons. The second-order valence-corrected chi connectivity index (χ2v) is 2.66. The number of carbonyl (C=O) groups excluding carboxylic acids is 2. The maximum Gasteiger partial charge on any atom is 0.440 e.